The van der Waals surface area contributed by atoms with Crippen LogP contribution in [-0.2, 0) is 28.6 Å². The molecule has 2 aliphatic carbocycles. The van der Waals surface area contributed by atoms with E-state index in [0.717, 1.165) is 47.6 Å². The van der Waals surface area contributed by atoms with E-state index in [1.165, 1.54) is 0 Å². The average molecular weight is 350 g/mol. The minimum absolute atomic E-state index is 0.323. The van der Waals surface area contributed by atoms with Crippen molar-refractivity contribution in [3.8, 4) is 0 Å². The second kappa shape index (κ2) is 5.74. The van der Waals surface area contributed by atoms with Crippen LogP contribution < -0.4 is 0 Å². The van der Waals surface area contributed by atoms with Crippen LogP contribution in [0.2, 0.25) is 0 Å². The predicted molar refractivity (Wildman–Crippen MR) is 83.3 cm³/mol. The van der Waals surface area contributed by atoms with Crippen LogP contribution in [-0.4, -0.2) is 41.6 Å². The Bertz CT molecular complexity index is 712. The first kappa shape index (κ1) is 17.7. The summed E-state index contributed by atoms with van der Waals surface area (Å²) in [6.07, 6.45) is 4.84. The Morgan fingerprint density at radius 3 is 1.64 bits per heavy atom. The second-order valence-electron chi connectivity index (χ2n) is 5.81. The van der Waals surface area contributed by atoms with E-state index in [1.54, 1.807) is 0 Å². The lowest BCUT2D eigenvalue weighted by Gasteiger charge is -2.28. The molecule has 22 heavy (non-hydrogen) atoms. The maximum Gasteiger partial charge on any atom is 0.265 e. The monoisotopic (exact) mass is 350 g/mol. The largest absolute Gasteiger partial charge is 0.266 e. The summed E-state index contributed by atoms with van der Waals surface area (Å²) < 4.78 is 56.6. The Kier molecular flexibility index (Phi) is 4.60. The fourth-order valence-electron chi connectivity index (χ4n) is 2.80. The van der Waals surface area contributed by atoms with Crippen LogP contribution in [0.25, 0.3) is 0 Å². The molecule has 0 aromatic carbocycles. The second-order valence-corrected chi connectivity index (χ2v) is 9.02. The highest BCUT2D eigenvalue weighted by Gasteiger charge is 2.53. The zero-order chi connectivity index (χ0) is 16.8. The zero-order valence-electron chi connectivity index (χ0n) is 13.3. The summed E-state index contributed by atoms with van der Waals surface area (Å²) in [5, 5.41) is 0. The molecule has 0 radical (unpaired) electrons. The molecule has 0 fully saturated rings. The summed E-state index contributed by atoms with van der Waals surface area (Å²) in [6.45, 7) is 3.64. The average Bonchev–Trinajstić information content (AvgIpc) is 3.23. The Hall–Kier alpha value is -0.700. The highest BCUT2D eigenvalue weighted by atomic mass is 32.2. The smallest absolute Gasteiger partial charge is 0.265 e. The molecule has 2 rings (SSSR count). The molecule has 0 unspecified atom stereocenters. The van der Waals surface area contributed by atoms with Gasteiger partial charge in [0.25, 0.3) is 20.2 Å². The summed E-state index contributed by atoms with van der Waals surface area (Å²) in [6, 6.07) is 0. The van der Waals surface area contributed by atoms with Crippen LogP contribution >= 0.6 is 0 Å². The Morgan fingerprint density at radius 1 is 0.909 bits per heavy atom. The molecule has 0 spiro atoms. The van der Waals surface area contributed by atoms with Gasteiger partial charge in [-0.3, -0.25) is 8.37 Å². The molecule has 0 aromatic heterocycles. The third kappa shape index (κ3) is 3.98. The highest BCUT2D eigenvalue weighted by Crippen LogP contribution is 2.55. The zero-order valence-corrected chi connectivity index (χ0v) is 14.9. The van der Waals surface area contributed by atoms with Crippen LogP contribution in [0.15, 0.2) is 22.3 Å². The van der Waals surface area contributed by atoms with Crippen molar-refractivity contribution < 1.29 is 25.2 Å². The quantitative estimate of drug-likeness (QED) is 0.466. The summed E-state index contributed by atoms with van der Waals surface area (Å²) >= 11 is 0. The van der Waals surface area contributed by atoms with Gasteiger partial charge in [0, 0.05) is 0 Å². The topological polar surface area (TPSA) is 86.7 Å². The molecular formula is C14H22O6S2. The van der Waals surface area contributed by atoms with Gasteiger partial charge in [0.15, 0.2) is 5.60 Å². The van der Waals surface area contributed by atoms with Crippen molar-refractivity contribution in [3.63, 3.8) is 0 Å². The van der Waals surface area contributed by atoms with Crippen LogP contribution in [0.4, 0.5) is 0 Å². The predicted octanol–water partition coefficient (Wildman–Crippen LogP) is 1.90. The number of allylic oxidation sites excluding steroid dienone is 2. The van der Waals surface area contributed by atoms with Gasteiger partial charge in [0.1, 0.15) is 6.61 Å². The molecule has 0 saturated heterocycles. The lowest BCUT2D eigenvalue weighted by molar-refractivity contribution is 0.0995. The highest BCUT2D eigenvalue weighted by molar-refractivity contribution is 7.86. The molecule has 8 heteroatoms. The minimum atomic E-state index is -3.77. The van der Waals surface area contributed by atoms with Crippen molar-refractivity contribution >= 4 is 20.2 Å². The van der Waals surface area contributed by atoms with Gasteiger partial charge in [-0.1, -0.05) is 25.0 Å². The normalized spacial score (nSPS) is 18.9. The number of hydrogen-bond acceptors (Lipinski definition) is 6. The van der Waals surface area contributed by atoms with Gasteiger partial charge in [-0.05, 0) is 36.8 Å². The third-order valence-corrected chi connectivity index (χ3v) is 5.12. The van der Waals surface area contributed by atoms with E-state index in [9.17, 15) is 16.8 Å². The lowest BCUT2D eigenvalue weighted by Crippen LogP contribution is -2.40. The first-order valence-corrected chi connectivity index (χ1v) is 10.8. The van der Waals surface area contributed by atoms with Crippen molar-refractivity contribution in [1.82, 2.24) is 0 Å². The van der Waals surface area contributed by atoms with E-state index >= 15 is 0 Å². The fraction of sp³-hybridized carbons (Fsp3) is 0.714. The first-order valence-electron chi connectivity index (χ1n) is 7.20. The summed E-state index contributed by atoms with van der Waals surface area (Å²) in [5.41, 5.74) is 2.64. The van der Waals surface area contributed by atoms with Crippen molar-refractivity contribution in [2.24, 2.45) is 0 Å². The minimum Gasteiger partial charge on any atom is -0.266 e. The van der Waals surface area contributed by atoms with E-state index in [2.05, 4.69) is 0 Å². The SMILES string of the molecule is CCC1=C(C(COS(C)(=O)=O)(OS(C)(=O)=O)C2=C(CC)C2)C1. The molecule has 0 atom stereocenters. The molecule has 126 valence electrons. The molecule has 2 aliphatic rings. The van der Waals surface area contributed by atoms with E-state index < -0.39 is 25.8 Å². The molecule has 0 N–H and O–H groups in total. The van der Waals surface area contributed by atoms with E-state index in [0.29, 0.717) is 12.8 Å². The van der Waals surface area contributed by atoms with Crippen LogP contribution in [0.1, 0.15) is 39.5 Å². The van der Waals surface area contributed by atoms with Gasteiger partial charge in [0.2, 0.25) is 0 Å². The van der Waals surface area contributed by atoms with Gasteiger partial charge in [0.05, 0.1) is 12.5 Å². The molecule has 0 heterocycles. The lowest BCUT2D eigenvalue weighted by atomic mass is 9.97. The Morgan fingerprint density at radius 2 is 1.36 bits per heavy atom. The summed E-state index contributed by atoms with van der Waals surface area (Å²) in [4.78, 5) is 0. The van der Waals surface area contributed by atoms with Crippen molar-refractivity contribution in [2.45, 2.75) is 45.1 Å². The summed E-state index contributed by atoms with van der Waals surface area (Å²) in [7, 11) is -7.46. The number of rotatable bonds is 9. The third-order valence-electron chi connectivity index (χ3n) is 3.98. The van der Waals surface area contributed by atoms with Gasteiger partial charge >= 0.3 is 0 Å². The van der Waals surface area contributed by atoms with E-state index in [1.807, 2.05) is 13.8 Å². The molecule has 0 aliphatic heterocycles. The van der Waals surface area contributed by atoms with Gasteiger partial charge in [-0.25, -0.2) is 0 Å². The van der Waals surface area contributed by atoms with Gasteiger partial charge in [-0.2, -0.15) is 16.8 Å². The van der Waals surface area contributed by atoms with E-state index in [-0.39, 0.29) is 6.61 Å². The Balaban J connectivity index is 2.45. The standard InChI is InChI=1S/C14H22O6S2/c1-5-10-7-12(10)14(20-22(4,17)18,9-19-21(3,15)16)13-8-11(13)6-2/h5-9H2,1-4H3. The Labute approximate surface area is 132 Å². The van der Waals surface area contributed by atoms with Crippen molar-refractivity contribution in [2.75, 3.05) is 19.1 Å². The van der Waals surface area contributed by atoms with Gasteiger partial charge < -0.3 is 0 Å². The molecule has 0 aromatic rings. The van der Waals surface area contributed by atoms with Crippen molar-refractivity contribution in [1.29, 1.82) is 0 Å². The van der Waals surface area contributed by atoms with Crippen LogP contribution in [0.5, 0.6) is 0 Å². The van der Waals surface area contributed by atoms with Crippen molar-refractivity contribution in [3.05, 3.63) is 22.3 Å². The molecule has 6 nitrogen and oxygen atoms in total. The molecule has 0 saturated carbocycles. The van der Waals surface area contributed by atoms with E-state index in [4.69, 9.17) is 8.37 Å². The van der Waals surface area contributed by atoms with Crippen LogP contribution in [0.3, 0.4) is 0 Å². The van der Waals surface area contributed by atoms with Crippen LogP contribution in [0, 0.1) is 0 Å². The first-order chi connectivity index (χ1) is 10.0. The molecule has 0 bridgehead atoms. The number of hydrogen-bond donors (Lipinski definition) is 0. The fourth-order valence-corrected chi connectivity index (χ4v) is 3.95. The maximum atomic E-state index is 11.8. The molecular weight excluding hydrogens is 328 g/mol. The maximum absolute atomic E-state index is 11.8. The summed E-state index contributed by atoms with van der Waals surface area (Å²) in [5.74, 6) is 0. The molecule has 0 amide bonds. The van der Waals surface area contributed by atoms with Gasteiger partial charge in [-0.15, -0.1) is 0 Å².